The zero-order chi connectivity index (χ0) is 48.5. The maximum absolute atomic E-state index is 12.2. The molecule has 0 aromatic carbocycles. The van der Waals surface area contributed by atoms with Gasteiger partial charge in [-0.15, -0.1) is 0 Å². The Hall–Kier alpha value is -0.650. The number of aliphatic hydroxyl groups excluding tert-OH is 8. The van der Waals surface area contributed by atoms with E-state index >= 15 is 0 Å². The fourth-order valence-electron chi connectivity index (χ4n) is 9.53. The Kier molecular flexibility index (Phi) is 29.9. The van der Waals surface area contributed by atoms with Crippen molar-refractivity contribution in [1.29, 1.82) is 0 Å². The largest absolute Gasteiger partial charge is 0.748 e. The number of unbranched alkanes of at least 4 members (excludes halogenated alkanes) is 22. The molecule has 0 aromatic rings. The van der Waals surface area contributed by atoms with Crippen molar-refractivity contribution in [3.05, 3.63) is 0 Å². The van der Waals surface area contributed by atoms with Crippen LogP contribution in [0.15, 0.2) is 0 Å². The van der Waals surface area contributed by atoms with E-state index in [0.29, 0.717) is 0 Å². The summed E-state index contributed by atoms with van der Waals surface area (Å²) in [7, 11) is -5.40. The molecule has 3 rings (SSSR count). The Balaban J connectivity index is 1.70. The topological polar surface area (TPSA) is 274 Å². The molecular formula is C48H91O17S-. The molecule has 0 amide bonds. The molecule has 3 aliphatic rings. The molecule has 17 nitrogen and oxygen atoms in total. The Morgan fingerprint density at radius 1 is 0.485 bits per heavy atom. The summed E-state index contributed by atoms with van der Waals surface area (Å²) >= 11 is 0. The summed E-state index contributed by atoms with van der Waals surface area (Å²) in [6.45, 7) is 4.32. The first-order chi connectivity index (χ1) is 31.7. The van der Waals surface area contributed by atoms with Crippen molar-refractivity contribution < 1.29 is 82.2 Å². The number of rotatable bonds is 36. The highest BCUT2D eigenvalue weighted by atomic mass is 32.2. The molecule has 0 bridgehead atoms. The number of aliphatic hydroxyl groups is 8. The predicted molar refractivity (Wildman–Crippen MR) is 246 cm³/mol. The maximum Gasteiger partial charge on any atom is 0.187 e. The van der Waals surface area contributed by atoms with Crippen LogP contribution < -0.4 is 0 Å². The molecule has 15 atom stereocenters. The van der Waals surface area contributed by atoms with Crippen LogP contribution in [-0.2, 0) is 38.5 Å². The van der Waals surface area contributed by atoms with E-state index in [-0.39, 0.29) is 12.5 Å². The molecule has 8 N–H and O–H groups in total. The first-order valence-electron chi connectivity index (χ1n) is 25.8. The molecule has 3 aliphatic heterocycles. The van der Waals surface area contributed by atoms with E-state index in [2.05, 4.69) is 13.8 Å². The third-order valence-electron chi connectivity index (χ3n) is 13.8. The standard InChI is InChI=1S/C48H92O17S/c1-4-6-8-10-12-14-16-18-20-22-24-26-28-34(29-27-25-23-21-19-17-15-13-11-9-7-5-2)32-60-46-41(55)44(65-47-40(54)39(53)37(51)33(3)61-47)43(36(31-50)63-46)64-48-42(56)45(66(57,58)59)38(52)35(30-49)62-48/h33-56H,4-32H2,1-3H3,(H,57,58,59)/p-1/t33-,35-,36-,37+,38-,39-,40-,41-,42-,43+,44+,45-,46+,47+,48-/m0/s1. The van der Waals surface area contributed by atoms with E-state index in [0.717, 1.165) is 51.4 Å². The van der Waals surface area contributed by atoms with Crippen LogP contribution in [0.4, 0.5) is 0 Å². The number of ether oxygens (including phenoxy) is 6. The highest BCUT2D eigenvalue weighted by Crippen LogP contribution is 2.35. The predicted octanol–water partition coefficient (Wildman–Crippen LogP) is 4.83. The molecule has 0 aromatic heterocycles. The molecule has 392 valence electrons. The zero-order valence-electron chi connectivity index (χ0n) is 40.4. The van der Waals surface area contributed by atoms with Crippen molar-refractivity contribution in [3.63, 3.8) is 0 Å². The van der Waals surface area contributed by atoms with Crippen molar-refractivity contribution in [2.75, 3.05) is 19.8 Å². The second-order valence-electron chi connectivity index (χ2n) is 19.3. The normalized spacial score (nSPS) is 33.2. The summed E-state index contributed by atoms with van der Waals surface area (Å²) in [4.78, 5) is 0. The summed E-state index contributed by atoms with van der Waals surface area (Å²) in [5, 5.41) is 83.3. The Morgan fingerprint density at radius 2 is 0.894 bits per heavy atom. The van der Waals surface area contributed by atoms with E-state index < -0.39 is 115 Å². The smallest absolute Gasteiger partial charge is 0.187 e. The summed E-state index contributed by atoms with van der Waals surface area (Å²) in [5.41, 5.74) is 0. The van der Waals surface area contributed by atoms with Gasteiger partial charge in [0, 0.05) is 0 Å². The van der Waals surface area contributed by atoms with E-state index in [1.807, 2.05) is 0 Å². The third kappa shape index (κ3) is 20.2. The molecule has 3 fully saturated rings. The summed E-state index contributed by atoms with van der Waals surface area (Å²) in [6.07, 6.45) is 7.47. The molecule has 18 heteroatoms. The highest BCUT2D eigenvalue weighted by Gasteiger charge is 2.55. The minimum Gasteiger partial charge on any atom is -0.748 e. The second kappa shape index (κ2) is 33.1. The molecule has 3 saturated heterocycles. The van der Waals surface area contributed by atoms with Gasteiger partial charge >= 0.3 is 0 Å². The lowest BCUT2D eigenvalue weighted by molar-refractivity contribution is -0.381. The minimum atomic E-state index is -5.40. The van der Waals surface area contributed by atoms with Crippen molar-refractivity contribution >= 4 is 10.1 Å². The molecule has 0 saturated carbocycles. The van der Waals surface area contributed by atoms with E-state index in [1.54, 1.807) is 0 Å². The summed E-state index contributed by atoms with van der Waals surface area (Å²) in [5.74, 6) is 0.118. The van der Waals surface area contributed by atoms with Crippen LogP contribution in [0.2, 0.25) is 0 Å². The van der Waals surface area contributed by atoms with Crippen molar-refractivity contribution in [2.24, 2.45) is 5.92 Å². The van der Waals surface area contributed by atoms with Crippen LogP contribution in [0.1, 0.15) is 188 Å². The summed E-state index contributed by atoms with van der Waals surface area (Å²) < 4.78 is 72.0. The fourth-order valence-corrected chi connectivity index (χ4v) is 10.5. The van der Waals surface area contributed by atoms with Gasteiger partial charge in [0.25, 0.3) is 0 Å². The first-order valence-corrected chi connectivity index (χ1v) is 27.3. The molecule has 3 heterocycles. The monoisotopic (exact) mass is 972 g/mol. The van der Waals surface area contributed by atoms with Crippen molar-refractivity contribution in [2.45, 2.75) is 279 Å². The Labute approximate surface area is 396 Å². The maximum atomic E-state index is 12.2. The molecule has 0 spiro atoms. The van der Waals surface area contributed by atoms with Gasteiger partial charge in [-0.2, -0.15) is 0 Å². The van der Waals surface area contributed by atoms with Gasteiger partial charge in [-0.3, -0.25) is 0 Å². The van der Waals surface area contributed by atoms with Crippen LogP contribution >= 0.6 is 0 Å². The van der Waals surface area contributed by atoms with Gasteiger partial charge in [0.2, 0.25) is 0 Å². The molecule has 0 unspecified atom stereocenters. The SMILES string of the molecule is CCCCCCCCCCCCCCC(CCCCCCCCCCCCCC)CO[C@@H]1O[C@@H](CO)[C@@H](O[C@@H]2O[C@@H](CO)[C@H](O)[C@H](S(=O)(=O)[O-])[C@@H]2O)[C@H](O[C@H]2O[C@@H](C)[C@@H](O)[C@H](O)[C@@H]2O)[C@@H]1O. The lowest BCUT2D eigenvalue weighted by Gasteiger charge is -2.49. The molecule has 0 radical (unpaired) electrons. The Bertz CT molecular complexity index is 1300. The van der Waals surface area contributed by atoms with Crippen LogP contribution in [-0.4, -0.2) is 165 Å². The van der Waals surface area contributed by atoms with Crippen LogP contribution in [0, 0.1) is 5.92 Å². The van der Waals surface area contributed by atoms with Crippen LogP contribution in [0.25, 0.3) is 0 Å². The average molecular weight is 972 g/mol. The average Bonchev–Trinajstić information content (AvgIpc) is 3.28. The molecule has 66 heavy (non-hydrogen) atoms. The second-order valence-corrected chi connectivity index (χ2v) is 20.8. The summed E-state index contributed by atoms with van der Waals surface area (Å²) in [6, 6.07) is 0. The van der Waals surface area contributed by atoms with Gasteiger partial charge in [-0.25, -0.2) is 8.42 Å². The van der Waals surface area contributed by atoms with E-state index in [4.69, 9.17) is 28.4 Å². The van der Waals surface area contributed by atoms with Crippen LogP contribution in [0.3, 0.4) is 0 Å². The Morgan fingerprint density at radius 3 is 1.33 bits per heavy atom. The third-order valence-corrected chi connectivity index (χ3v) is 15.0. The minimum absolute atomic E-state index is 0.118. The van der Waals surface area contributed by atoms with Crippen molar-refractivity contribution in [1.82, 2.24) is 0 Å². The van der Waals surface area contributed by atoms with Gasteiger partial charge in [-0.1, -0.05) is 168 Å². The lowest BCUT2D eigenvalue weighted by Crippen LogP contribution is -2.67. The van der Waals surface area contributed by atoms with E-state index in [1.165, 1.54) is 122 Å². The highest BCUT2D eigenvalue weighted by molar-refractivity contribution is 7.86. The van der Waals surface area contributed by atoms with Gasteiger partial charge in [-0.05, 0) is 25.7 Å². The lowest BCUT2D eigenvalue weighted by atomic mass is 9.94. The van der Waals surface area contributed by atoms with E-state index in [9.17, 15) is 53.8 Å². The van der Waals surface area contributed by atoms with Gasteiger partial charge < -0.3 is 73.8 Å². The molecule has 0 aliphatic carbocycles. The number of hydrogen-bond acceptors (Lipinski definition) is 17. The molecular weight excluding hydrogens is 881 g/mol. The first kappa shape index (κ1) is 59.7. The van der Waals surface area contributed by atoms with Gasteiger partial charge in [0.05, 0.1) is 25.9 Å². The van der Waals surface area contributed by atoms with Crippen LogP contribution in [0.5, 0.6) is 0 Å². The zero-order valence-corrected chi connectivity index (χ0v) is 41.2. The van der Waals surface area contributed by atoms with Gasteiger partial charge in [0.1, 0.15) is 76.4 Å². The van der Waals surface area contributed by atoms with Gasteiger partial charge in [0.15, 0.2) is 18.9 Å². The fraction of sp³-hybridized carbons (Fsp3) is 1.00. The quantitative estimate of drug-likeness (QED) is 0.0308. The number of hydrogen-bond donors (Lipinski definition) is 8. The van der Waals surface area contributed by atoms with Crippen molar-refractivity contribution in [3.8, 4) is 0 Å².